The van der Waals surface area contributed by atoms with Gasteiger partial charge < -0.3 is 9.47 Å². The van der Waals surface area contributed by atoms with Crippen LogP contribution in [0, 0.1) is 5.92 Å². The SMILES string of the molecule is O=C(OCc1ccccc1)C1CCC2=C(CNN2C2CCCCO2)C1. The first-order valence-electron chi connectivity index (χ1n) is 9.37. The van der Waals surface area contributed by atoms with E-state index in [1.54, 1.807) is 0 Å². The molecule has 134 valence electrons. The van der Waals surface area contributed by atoms with E-state index < -0.39 is 0 Å². The van der Waals surface area contributed by atoms with Gasteiger partial charge in [-0.05, 0) is 49.7 Å². The Kier molecular flexibility index (Phi) is 5.04. The molecule has 5 nitrogen and oxygen atoms in total. The smallest absolute Gasteiger partial charge is 0.309 e. The molecule has 2 heterocycles. The molecule has 0 spiro atoms. The van der Waals surface area contributed by atoms with Gasteiger partial charge in [-0.3, -0.25) is 9.80 Å². The van der Waals surface area contributed by atoms with E-state index in [4.69, 9.17) is 9.47 Å². The van der Waals surface area contributed by atoms with E-state index >= 15 is 0 Å². The second kappa shape index (κ2) is 7.58. The van der Waals surface area contributed by atoms with E-state index in [0.717, 1.165) is 50.8 Å². The lowest BCUT2D eigenvalue weighted by molar-refractivity contribution is -0.150. The van der Waals surface area contributed by atoms with Gasteiger partial charge in [-0.1, -0.05) is 30.3 Å². The summed E-state index contributed by atoms with van der Waals surface area (Å²) >= 11 is 0. The molecule has 1 aliphatic carbocycles. The molecule has 2 unspecified atom stereocenters. The van der Waals surface area contributed by atoms with Gasteiger partial charge in [-0.25, -0.2) is 5.43 Å². The summed E-state index contributed by atoms with van der Waals surface area (Å²) in [7, 11) is 0. The summed E-state index contributed by atoms with van der Waals surface area (Å²) in [6.45, 7) is 2.04. The highest BCUT2D eigenvalue weighted by molar-refractivity contribution is 5.73. The zero-order valence-corrected chi connectivity index (χ0v) is 14.6. The Balaban J connectivity index is 1.34. The third-order valence-corrected chi connectivity index (χ3v) is 5.38. The van der Waals surface area contributed by atoms with Gasteiger partial charge in [0.25, 0.3) is 0 Å². The van der Waals surface area contributed by atoms with Crippen LogP contribution >= 0.6 is 0 Å². The van der Waals surface area contributed by atoms with E-state index in [0.29, 0.717) is 6.61 Å². The molecule has 4 rings (SSSR count). The largest absolute Gasteiger partial charge is 0.461 e. The highest BCUT2D eigenvalue weighted by atomic mass is 16.5. The van der Waals surface area contributed by atoms with Crippen molar-refractivity contribution in [1.82, 2.24) is 10.4 Å². The highest BCUT2D eigenvalue weighted by Crippen LogP contribution is 2.36. The predicted octanol–water partition coefficient (Wildman–Crippen LogP) is 3.13. The van der Waals surface area contributed by atoms with Crippen molar-refractivity contribution in [3.63, 3.8) is 0 Å². The number of nitrogens with zero attached hydrogens (tertiary/aromatic N) is 1. The average Bonchev–Trinajstić information content (AvgIpc) is 3.11. The van der Waals surface area contributed by atoms with Crippen molar-refractivity contribution in [2.45, 2.75) is 51.4 Å². The number of hydrazine groups is 1. The zero-order chi connectivity index (χ0) is 17.1. The Morgan fingerprint density at radius 2 is 2.12 bits per heavy atom. The zero-order valence-electron chi connectivity index (χ0n) is 14.6. The summed E-state index contributed by atoms with van der Waals surface area (Å²) < 4.78 is 11.4. The van der Waals surface area contributed by atoms with E-state index in [-0.39, 0.29) is 18.1 Å². The Labute approximate surface area is 149 Å². The van der Waals surface area contributed by atoms with Crippen molar-refractivity contribution >= 4 is 5.97 Å². The maximum atomic E-state index is 12.4. The van der Waals surface area contributed by atoms with Crippen molar-refractivity contribution in [2.24, 2.45) is 5.92 Å². The van der Waals surface area contributed by atoms with Crippen LogP contribution in [0.2, 0.25) is 0 Å². The van der Waals surface area contributed by atoms with Crippen LogP contribution < -0.4 is 5.43 Å². The van der Waals surface area contributed by atoms with E-state index in [1.807, 2.05) is 30.3 Å². The number of carbonyl (C=O) groups excluding carboxylic acids is 1. The Morgan fingerprint density at radius 3 is 2.92 bits per heavy atom. The number of carbonyl (C=O) groups is 1. The molecule has 0 amide bonds. The number of allylic oxidation sites excluding steroid dienone is 1. The van der Waals surface area contributed by atoms with Crippen molar-refractivity contribution in [3.8, 4) is 0 Å². The lowest BCUT2D eigenvalue weighted by Gasteiger charge is -2.35. The summed E-state index contributed by atoms with van der Waals surface area (Å²) in [6.07, 6.45) is 6.20. The third kappa shape index (κ3) is 3.72. The van der Waals surface area contributed by atoms with Gasteiger partial charge >= 0.3 is 5.97 Å². The quantitative estimate of drug-likeness (QED) is 0.852. The average molecular weight is 342 g/mol. The predicted molar refractivity (Wildman–Crippen MR) is 94.0 cm³/mol. The molecule has 1 saturated heterocycles. The van der Waals surface area contributed by atoms with Crippen LogP contribution in [0.15, 0.2) is 41.6 Å². The van der Waals surface area contributed by atoms with Crippen molar-refractivity contribution in [3.05, 3.63) is 47.2 Å². The minimum atomic E-state index is -0.0669. The Hall–Kier alpha value is -1.85. The van der Waals surface area contributed by atoms with Crippen LogP contribution in [-0.2, 0) is 20.9 Å². The Morgan fingerprint density at radius 1 is 1.24 bits per heavy atom. The summed E-state index contributed by atoms with van der Waals surface area (Å²) in [5.41, 5.74) is 7.20. The standard InChI is InChI=1S/C20H26N2O3/c23-20(25-14-15-6-2-1-3-7-15)16-9-10-18-17(12-16)13-21-22(18)19-8-4-5-11-24-19/h1-3,6-7,16,19,21H,4-5,8-14H2. The molecular formula is C20H26N2O3. The van der Waals surface area contributed by atoms with Crippen molar-refractivity contribution in [1.29, 1.82) is 0 Å². The van der Waals surface area contributed by atoms with E-state index in [1.165, 1.54) is 17.7 Å². The second-order valence-electron chi connectivity index (χ2n) is 7.11. The van der Waals surface area contributed by atoms with Crippen LogP contribution in [0.1, 0.15) is 44.1 Å². The molecule has 1 aromatic carbocycles. The van der Waals surface area contributed by atoms with Crippen LogP contribution in [0.5, 0.6) is 0 Å². The molecule has 3 aliphatic rings. The summed E-state index contributed by atoms with van der Waals surface area (Å²) in [4.78, 5) is 12.4. The molecule has 0 bridgehead atoms. The van der Waals surface area contributed by atoms with Gasteiger partial charge in [-0.2, -0.15) is 0 Å². The number of nitrogens with one attached hydrogen (secondary N) is 1. The normalized spacial score (nSPS) is 26.5. The van der Waals surface area contributed by atoms with Crippen molar-refractivity contribution in [2.75, 3.05) is 13.2 Å². The van der Waals surface area contributed by atoms with Gasteiger partial charge in [0.15, 0.2) is 0 Å². The molecule has 0 aromatic heterocycles. The number of esters is 1. The second-order valence-corrected chi connectivity index (χ2v) is 7.11. The van der Waals surface area contributed by atoms with Crippen molar-refractivity contribution < 1.29 is 14.3 Å². The number of rotatable bonds is 4. The molecule has 2 atom stereocenters. The first-order chi connectivity index (χ1) is 12.3. The van der Waals surface area contributed by atoms with E-state index in [9.17, 15) is 4.79 Å². The fourth-order valence-electron chi connectivity index (χ4n) is 4.00. The summed E-state index contributed by atoms with van der Waals surface area (Å²) in [6, 6.07) is 9.87. The topological polar surface area (TPSA) is 50.8 Å². The number of hydrogen-bond acceptors (Lipinski definition) is 5. The lowest BCUT2D eigenvalue weighted by atomic mass is 9.87. The molecule has 0 saturated carbocycles. The molecule has 25 heavy (non-hydrogen) atoms. The number of ether oxygens (including phenoxy) is 2. The summed E-state index contributed by atoms with van der Waals surface area (Å²) in [5.74, 6) is -0.0840. The minimum Gasteiger partial charge on any atom is -0.461 e. The van der Waals surface area contributed by atoms with Gasteiger partial charge in [0.2, 0.25) is 0 Å². The molecule has 1 N–H and O–H groups in total. The van der Waals surface area contributed by atoms with Crippen LogP contribution in [-0.4, -0.2) is 30.4 Å². The number of hydrogen-bond donors (Lipinski definition) is 1. The summed E-state index contributed by atoms with van der Waals surface area (Å²) in [5, 5.41) is 2.22. The molecule has 5 heteroatoms. The van der Waals surface area contributed by atoms with Gasteiger partial charge in [0, 0.05) is 18.8 Å². The van der Waals surface area contributed by atoms with Crippen LogP contribution in [0.25, 0.3) is 0 Å². The molecule has 0 radical (unpaired) electrons. The van der Waals surface area contributed by atoms with Crippen LogP contribution in [0.3, 0.4) is 0 Å². The monoisotopic (exact) mass is 342 g/mol. The van der Waals surface area contributed by atoms with Gasteiger partial charge in [0.1, 0.15) is 12.8 Å². The molecule has 2 aliphatic heterocycles. The fraction of sp³-hybridized carbons (Fsp3) is 0.550. The first-order valence-corrected chi connectivity index (χ1v) is 9.37. The number of benzene rings is 1. The third-order valence-electron chi connectivity index (χ3n) is 5.38. The highest BCUT2D eigenvalue weighted by Gasteiger charge is 2.36. The van der Waals surface area contributed by atoms with Gasteiger partial charge in [-0.15, -0.1) is 0 Å². The Bertz CT molecular complexity index is 638. The van der Waals surface area contributed by atoms with E-state index in [2.05, 4.69) is 10.4 Å². The van der Waals surface area contributed by atoms with Gasteiger partial charge in [0.05, 0.1) is 5.92 Å². The molecule has 1 aromatic rings. The molecular weight excluding hydrogens is 316 g/mol. The minimum absolute atomic E-state index is 0.0171. The van der Waals surface area contributed by atoms with Crippen LogP contribution in [0.4, 0.5) is 0 Å². The lowest BCUT2D eigenvalue weighted by Crippen LogP contribution is -2.44. The molecule has 1 fully saturated rings. The first kappa shape index (κ1) is 16.6. The maximum Gasteiger partial charge on any atom is 0.309 e. The maximum absolute atomic E-state index is 12.4. The fourth-order valence-corrected chi connectivity index (χ4v) is 4.00.